The molecule has 0 bridgehead atoms. The van der Waals surface area contributed by atoms with Crippen LogP contribution in [-0.4, -0.2) is 17.7 Å². The highest BCUT2D eigenvalue weighted by Gasteiger charge is 1.98. The summed E-state index contributed by atoms with van der Waals surface area (Å²) in [7, 11) is 0. The fourth-order valence-electron chi connectivity index (χ4n) is 0.784. The topological polar surface area (TPSA) is 46.5 Å². The van der Waals surface area contributed by atoms with Crippen LogP contribution in [0.15, 0.2) is 30.3 Å². The number of rotatable bonds is 3. The van der Waals surface area contributed by atoms with Crippen LogP contribution in [0, 0.1) is 12.3 Å². The molecule has 0 aliphatic heterocycles. The van der Waals surface area contributed by atoms with Crippen LogP contribution in [0.2, 0.25) is 0 Å². The van der Waals surface area contributed by atoms with E-state index in [1.165, 1.54) is 0 Å². The lowest BCUT2D eigenvalue weighted by Gasteiger charge is -2.01. The maximum atomic E-state index is 10.5. The molecular weight excluding hydrogens is 192 g/mol. The molecule has 0 heterocycles. The van der Waals surface area contributed by atoms with E-state index < -0.39 is 12.6 Å². The molecule has 0 fully saturated rings. The van der Waals surface area contributed by atoms with E-state index in [1.54, 1.807) is 6.92 Å². The van der Waals surface area contributed by atoms with Gasteiger partial charge in [0.25, 0.3) is 0 Å². The smallest absolute Gasteiger partial charge is 0.332 e. The summed E-state index contributed by atoms with van der Waals surface area (Å²) in [4.78, 5) is 10.5. The summed E-state index contributed by atoms with van der Waals surface area (Å²) in [5, 5.41) is 8.34. The van der Waals surface area contributed by atoms with Crippen LogP contribution in [0.4, 0.5) is 0 Å². The fourth-order valence-corrected chi connectivity index (χ4v) is 0.784. The quantitative estimate of drug-likeness (QED) is 0.600. The van der Waals surface area contributed by atoms with Gasteiger partial charge in [0.15, 0.2) is 0 Å². The number of hydrogen-bond donors (Lipinski definition) is 1. The number of carbonyl (C=O) groups is 1. The van der Waals surface area contributed by atoms with Crippen molar-refractivity contribution in [2.24, 2.45) is 0 Å². The second-order valence-corrected chi connectivity index (χ2v) is 2.59. The van der Waals surface area contributed by atoms with Crippen LogP contribution in [0.3, 0.4) is 0 Å². The first kappa shape index (κ1) is 13.2. The first-order valence-corrected chi connectivity index (χ1v) is 4.42. The zero-order valence-electron chi connectivity index (χ0n) is 8.64. The van der Waals surface area contributed by atoms with Gasteiger partial charge in [0.1, 0.15) is 13.2 Å². The van der Waals surface area contributed by atoms with Crippen LogP contribution >= 0.6 is 0 Å². The van der Waals surface area contributed by atoms with Crippen molar-refractivity contribution in [2.75, 3.05) is 6.61 Å². The van der Waals surface area contributed by atoms with E-state index in [4.69, 9.17) is 5.11 Å². The molecule has 0 spiro atoms. The number of aliphatic hydroxyl groups excluding tert-OH is 1. The summed E-state index contributed by atoms with van der Waals surface area (Å²) in [5.41, 5.74) is 0.916. The van der Waals surface area contributed by atoms with Gasteiger partial charge in [0.2, 0.25) is 0 Å². The molecule has 0 atom stereocenters. The van der Waals surface area contributed by atoms with Crippen molar-refractivity contribution in [3.63, 3.8) is 0 Å². The largest absolute Gasteiger partial charge is 0.459 e. The average molecular weight is 206 g/mol. The Morgan fingerprint density at radius 3 is 2.47 bits per heavy atom. The van der Waals surface area contributed by atoms with Gasteiger partial charge in [-0.1, -0.05) is 30.3 Å². The van der Waals surface area contributed by atoms with Crippen LogP contribution in [0.25, 0.3) is 0 Å². The highest BCUT2D eigenvalue weighted by atomic mass is 16.5. The molecule has 80 valence electrons. The van der Waals surface area contributed by atoms with Gasteiger partial charge >= 0.3 is 5.97 Å². The highest BCUT2D eigenvalue weighted by Crippen LogP contribution is 1.99. The molecule has 0 aliphatic carbocycles. The molecule has 1 aromatic rings. The van der Waals surface area contributed by atoms with Crippen molar-refractivity contribution in [1.82, 2.24) is 0 Å². The van der Waals surface area contributed by atoms with Gasteiger partial charge in [0.05, 0.1) is 0 Å². The van der Waals surface area contributed by atoms with Crippen LogP contribution < -0.4 is 0 Å². The molecule has 0 aliphatic rings. The summed E-state index contributed by atoms with van der Waals surface area (Å²) < 4.78 is 4.69. The van der Waals surface area contributed by atoms with E-state index >= 15 is 0 Å². The maximum absolute atomic E-state index is 10.5. The molecule has 0 amide bonds. The highest BCUT2D eigenvalue weighted by molar-refractivity contribution is 5.70. The van der Waals surface area contributed by atoms with E-state index in [9.17, 15) is 4.79 Å². The number of benzene rings is 1. The molecule has 3 nitrogen and oxygen atoms in total. The minimum absolute atomic E-state index is 0.222. The zero-order chi connectivity index (χ0) is 11.5. The van der Waals surface area contributed by atoms with E-state index in [0.717, 1.165) is 5.56 Å². The molecule has 1 aromatic carbocycles. The SMILES string of the molecule is C#CC.O=C(CO)OCc1ccccc1. The van der Waals surface area contributed by atoms with Gasteiger partial charge < -0.3 is 9.84 Å². The molecular formula is C12H14O3. The minimum atomic E-state index is -0.598. The molecule has 3 heteroatoms. The third-order valence-corrected chi connectivity index (χ3v) is 1.37. The lowest BCUT2D eigenvalue weighted by atomic mass is 10.2. The first-order valence-electron chi connectivity index (χ1n) is 4.42. The lowest BCUT2D eigenvalue weighted by molar-refractivity contribution is -0.148. The molecule has 0 saturated heterocycles. The fraction of sp³-hybridized carbons (Fsp3) is 0.250. The van der Waals surface area contributed by atoms with Crippen molar-refractivity contribution < 1.29 is 14.6 Å². The van der Waals surface area contributed by atoms with E-state index in [-0.39, 0.29) is 6.61 Å². The van der Waals surface area contributed by atoms with Gasteiger partial charge in [-0.2, -0.15) is 0 Å². The normalized spacial score (nSPS) is 8.07. The van der Waals surface area contributed by atoms with Crippen molar-refractivity contribution in [3.8, 4) is 12.3 Å². The zero-order valence-corrected chi connectivity index (χ0v) is 8.64. The summed E-state index contributed by atoms with van der Waals surface area (Å²) in [6, 6.07) is 9.32. The standard InChI is InChI=1S/C9H10O3.C3H4/c10-6-9(11)12-7-8-4-2-1-3-5-8;1-3-2/h1-5,10H,6-7H2;1H,2H3. The molecule has 1 rings (SSSR count). The van der Waals surface area contributed by atoms with E-state index in [0.29, 0.717) is 0 Å². The number of terminal acetylenes is 1. The Labute approximate surface area is 89.7 Å². The second kappa shape index (κ2) is 8.79. The van der Waals surface area contributed by atoms with Gasteiger partial charge in [0, 0.05) is 0 Å². The second-order valence-electron chi connectivity index (χ2n) is 2.59. The Morgan fingerprint density at radius 1 is 1.47 bits per heavy atom. The van der Waals surface area contributed by atoms with Gasteiger partial charge in [-0.15, -0.1) is 12.3 Å². The van der Waals surface area contributed by atoms with E-state index in [1.807, 2.05) is 30.3 Å². The number of hydrogen-bond acceptors (Lipinski definition) is 3. The monoisotopic (exact) mass is 206 g/mol. The molecule has 0 radical (unpaired) electrons. The number of ether oxygens (including phenoxy) is 1. The van der Waals surface area contributed by atoms with Gasteiger partial charge in [-0.3, -0.25) is 0 Å². The Morgan fingerprint density at radius 2 is 2.00 bits per heavy atom. The Kier molecular flexibility index (Phi) is 7.74. The minimum Gasteiger partial charge on any atom is -0.459 e. The summed E-state index contributed by atoms with van der Waals surface area (Å²) >= 11 is 0. The van der Waals surface area contributed by atoms with Crippen molar-refractivity contribution in [1.29, 1.82) is 0 Å². The summed E-state index contributed by atoms with van der Waals surface area (Å²) in [6.07, 6.45) is 4.60. The Hall–Kier alpha value is -1.79. The molecule has 15 heavy (non-hydrogen) atoms. The Bertz CT molecular complexity index is 311. The van der Waals surface area contributed by atoms with Crippen molar-refractivity contribution in [2.45, 2.75) is 13.5 Å². The average Bonchev–Trinajstić information content (AvgIpc) is 2.28. The van der Waals surface area contributed by atoms with Crippen molar-refractivity contribution >= 4 is 5.97 Å². The number of esters is 1. The lowest BCUT2D eigenvalue weighted by Crippen LogP contribution is -2.08. The predicted molar refractivity (Wildman–Crippen MR) is 57.8 cm³/mol. The van der Waals surface area contributed by atoms with Gasteiger partial charge in [-0.05, 0) is 12.5 Å². The maximum Gasteiger partial charge on any atom is 0.332 e. The number of carbonyl (C=O) groups excluding carboxylic acids is 1. The van der Waals surface area contributed by atoms with Crippen molar-refractivity contribution in [3.05, 3.63) is 35.9 Å². The molecule has 0 unspecified atom stereocenters. The van der Waals surface area contributed by atoms with E-state index in [2.05, 4.69) is 17.1 Å². The van der Waals surface area contributed by atoms with Gasteiger partial charge in [-0.25, -0.2) is 4.79 Å². The Balaban J connectivity index is 0.000000583. The third-order valence-electron chi connectivity index (χ3n) is 1.37. The molecule has 1 N–H and O–H groups in total. The summed E-state index contributed by atoms with van der Waals surface area (Å²) in [6.45, 7) is 1.31. The predicted octanol–water partition coefficient (Wildman–Crippen LogP) is 1.36. The van der Waals surface area contributed by atoms with Crippen LogP contribution in [0.1, 0.15) is 12.5 Å². The first-order chi connectivity index (χ1) is 7.24. The number of aliphatic hydroxyl groups is 1. The van der Waals surface area contributed by atoms with Crippen LogP contribution in [-0.2, 0) is 16.1 Å². The molecule has 0 saturated carbocycles. The third kappa shape index (κ3) is 7.29. The molecule has 0 aromatic heterocycles. The van der Waals surface area contributed by atoms with Crippen LogP contribution in [0.5, 0.6) is 0 Å². The summed E-state index contributed by atoms with van der Waals surface area (Å²) in [5.74, 6) is 1.65.